The molecule has 24 heavy (non-hydrogen) atoms. The first-order valence-corrected chi connectivity index (χ1v) is 7.93. The van der Waals surface area contributed by atoms with Gasteiger partial charge in [0, 0.05) is 5.54 Å². The molecule has 4 heteroatoms. The minimum absolute atomic E-state index is 0.223. The molecular formula is C20H21NO3. The van der Waals surface area contributed by atoms with E-state index in [-0.39, 0.29) is 18.1 Å². The molecule has 3 rings (SSSR count). The van der Waals surface area contributed by atoms with Gasteiger partial charge >= 0.3 is 0 Å². The van der Waals surface area contributed by atoms with Crippen molar-refractivity contribution in [3.05, 3.63) is 66.1 Å². The fourth-order valence-electron chi connectivity index (χ4n) is 2.39. The zero-order valence-electron chi connectivity index (χ0n) is 14.1. The van der Waals surface area contributed by atoms with Crippen LogP contribution in [0, 0.1) is 0 Å². The van der Waals surface area contributed by atoms with Gasteiger partial charge in [0.15, 0.2) is 5.76 Å². The molecule has 124 valence electrons. The molecule has 1 amide bonds. The van der Waals surface area contributed by atoms with Crippen LogP contribution >= 0.6 is 0 Å². The molecule has 1 N–H and O–H groups in total. The number of carbonyl (C=O) groups excluding carboxylic acids is 1. The van der Waals surface area contributed by atoms with Crippen LogP contribution in [-0.4, -0.2) is 11.4 Å². The maximum absolute atomic E-state index is 12.0. The molecule has 0 fully saturated rings. The third kappa shape index (κ3) is 3.96. The smallest absolute Gasteiger partial charge is 0.287 e. The van der Waals surface area contributed by atoms with Crippen LogP contribution in [0.1, 0.15) is 37.1 Å². The molecule has 0 unspecified atom stereocenters. The number of hydrogen-bond acceptors (Lipinski definition) is 3. The monoisotopic (exact) mass is 323 g/mol. The number of fused-ring (bicyclic) bond motifs is 1. The van der Waals surface area contributed by atoms with Gasteiger partial charge in [0.05, 0.1) is 0 Å². The topological polar surface area (TPSA) is 51.5 Å². The van der Waals surface area contributed by atoms with Crippen molar-refractivity contribution < 1.29 is 13.9 Å². The Labute approximate surface area is 141 Å². The maximum atomic E-state index is 12.0. The van der Waals surface area contributed by atoms with E-state index in [1.54, 1.807) is 12.1 Å². The van der Waals surface area contributed by atoms with Crippen LogP contribution in [0.15, 0.2) is 59.0 Å². The van der Waals surface area contributed by atoms with Gasteiger partial charge in [0.1, 0.15) is 18.1 Å². The van der Waals surface area contributed by atoms with Crippen molar-refractivity contribution in [1.29, 1.82) is 0 Å². The Balaban J connectivity index is 1.65. The van der Waals surface area contributed by atoms with Crippen LogP contribution < -0.4 is 10.1 Å². The van der Waals surface area contributed by atoms with Gasteiger partial charge in [-0.2, -0.15) is 0 Å². The standard InChI is InChI=1S/C20H21NO3/c1-20(2,3)21-19(22)18-11-10-17(24-18)13-23-16-9-8-14-6-4-5-7-15(14)12-16/h4-12H,13H2,1-3H3,(H,21,22). The van der Waals surface area contributed by atoms with E-state index in [0.717, 1.165) is 11.1 Å². The lowest BCUT2D eigenvalue weighted by Gasteiger charge is -2.19. The molecule has 2 aromatic carbocycles. The first-order chi connectivity index (χ1) is 11.4. The first kappa shape index (κ1) is 16.1. The zero-order valence-corrected chi connectivity index (χ0v) is 14.1. The summed E-state index contributed by atoms with van der Waals surface area (Å²) in [5.41, 5.74) is -0.300. The number of hydrogen-bond donors (Lipinski definition) is 1. The number of rotatable bonds is 4. The number of nitrogens with one attached hydrogen (secondary N) is 1. The van der Waals surface area contributed by atoms with Crippen LogP contribution in [-0.2, 0) is 6.61 Å². The molecule has 0 aliphatic rings. The largest absolute Gasteiger partial charge is 0.486 e. The Morgan fingerprint density at radius 3 is 2.54 bits per heavy atom. The van der Waals surface area contributed by atoms with Crippen LogP contribution in [0.4, 0.5) is 0 Å². The number of furan rings is 1. The second-order valence-electron chi connectivity index (χ2n) is 6.77. The highest BCUT2D eigenvalue weighted by Crippen LogP contribution is 2.21. The third-order valence-corrected chi connectivity index (χ3v) is 3.48. The molecule has 0 saturated carbocycles. The average molecular weight is 323 g/mol. The predicted octanol–water partition coefficient (Wildman–Crippen LogP) is 4.54. The number of ether oxygens (including phenoxy) is 1. The predicted molar refractivity (Wildman–Crippen MR) is 94.2 cm³/mol. The number of amides is 1. The molecule has 0 spiro atoms. The molecular weight excluding hydrogens is 302 g/mol. The zero-order chi connectivity index (χ0) is 17.2. The Bertz CT molecular complexity index is 858. The lowest BCUT2D eigenvalue weighted by molar-refractivity contribution is 0.0887. The van der Waals surface area contributed by atoms with Crippen LogP contribution in [0.5, 0.6) is 5.75 Å². The van der Waals surface area contributed by atoms with Crippen molar-refractivity contribution in [3.63, 3.8) is 0 Å². The van der Waals surface area contributed by atoms with Gasteiger partial charge in [-0.3, -0.25) is 4.79 Å². The van der Waals surface area contributed by atoms with E-state index in [4.69, 9.17) is 9.15 Å². The highest BCUT2D eigenvalue weighted by Gasteiger charge is 2.18. The quantitative estimate of drug-likeness (QED) is 0.767. The molecule has 1 aromatic heterocycles. The Morgan fingerprint density at radius 2 is 1.79 bits per heavy atom. The van der Waals surface area contributed by atoms with Crippen molar-refractivity contribution in [1.82, 2.24) is 5.32 Å². The van der Waals surface area contributed by atoms with E-state index in [9.17, 15) is 4.79 Å². The summed E-state index contributed by atoms with van der Waals surface area (Å²) in [5, 5.41) is 5.16. The third-order valence-electron chi connectivity index (χ3n) is 3.48. The van der Waals surface area contributed by atoms with E-state index >= 15 is 0 Å². The van der Waals surface area contributed by atoms with Gasteiger partial charge in [0.2, 0.25) is 0 Å². The Kier molecular flexibility index (Phi) is 4.30. The normalized spacial score (nSPS) is 11.5. The minimum Gasteiger partial charge on any atom is -0.486 e. The van der Waals surface area contributed by atoms with Gasteiger partial charge in [-0.15, -0.1) is 0 Å². The second kappa shape index (κ2) is 6.40. The summed E-state index contributed by atoms with van der Waals surface area (Å²) >= 11 is 0. The summed E-state index contributed by atoms with van der Waals surface area (Å²) in [6.45, 7) is 6.06. The summed E-state index contributed by atoms with van der Waals surface area (Å²) in [7, 11) is 0. The van der Waals surface area contributed by atoms with E-state index in [2.05, 4.69) is 11.4 Å². The van der Waals surface area contributed by atoms with Gasteiger partial charge in [-0.1, -0.05) is 30.3 Å². The van der Waals surface area contributed by atoms with Crippen LogP contribution in [0.2, 0.25) is 0 Å². The molecule has 1 heterocycles. The van der Waals surface area contributed by atoms with Gasteiger partial charge in [0.25, 0.3) is 5.91 Å². The van der Waals surface area contributed by atoms with Crippen molar-refractivity contribution in [2.24, 2.45) is 0 Å². The summed E-state index contributed by atoms with van der Waals surface area (Å²) in [5.74, 6) is 1.45. The van der Waals surface area contributed by atoms with E-state index in [1.165, 1.54) is 5.39 Å². The number of benzene rings is 2. The summed E-state index contributed by atoms with van der Waals surface area (Å²) < 4.78 is 11.3. The second-order valence-corrected chi connectivity index (χ2v) is 6.77. The summed E-state index contributed by atoms with van der Waals surface area (Å²) in [6.07, 6.45) is 0. The Hall–Kier alpha value is -2.75. The van der Waals surface area contributed by atoms with Crippen LogP contribution in [0.25, 0.3) is 10.8 Å². The maximum Gasteiger partial charge on any atom is 0.287 e. The molecule has 0 saturated heterocycles. The van der Waals surface area contributed by atoms with E-state index in [0.29, 0.717) is 11.5 Å². The number of carbonyl (C=O) groups is 1. The molecule has 0 aliphatic heterocycles. The average Bonchev–Trinajstić information content (AvgIpc) is 3.00. The lowest BCUT2D eigenvalue weighted by Crippen LogP contribution is -2.40. The van der Waals surface area contributed by atoms with Gasteiger partial charge in [-0.05, 0) is 55.8 Å². The van der Waals surface area contributed by atoms with Crippen molar-refractivity contribution in [3.8, 4) is 5.75 Å². The molecule has 0 radical (unpaired) electrons. The Morgan fingerprint density at radius 1 is 1.04 bits per heavy atom. The fourth-order valence-corrected chi connectivity index (χ4v) is 2.39. The first-order valence-electron chi connectivity index (χ1n) is 7.93. The van der Waals surface area contributed by atoms with Crippen molar-refractivity contribution in [2.45, 2.75) is 32.9 Å². The summed E-state index contributed by atoms with van der Waals surface area (Å²) in [4.78, 5) is 12.0. The fraction of sp³-hybridized carbons (Fsp3) is 0.250. The van der Waals surface area contributed by atoms with E-state index in [1.807, 2.05) is 57.2 Å². The lowest BCUT2D eigenvalue weighted by atomic mass is 10.1. The molecule has 4 nitrogen and oxygen atoms in total. The highest BCUT2D eigenvalue weighted by molar-refractivity contribution is 5.91. The van der Waals surface area contributed by atoms with Crippen molar-refractivity contribution in [2.75, 3.05) is 0 Å². The summed E-state index contributed by atoms with van der Waals surface area (Å²) in [6, 6.07) is 17.5. The molecule has 0 aliphatic carbocycles. The minimum atomic E-state index is -0.300. The van der Waals surface area contributed by atoms with Gasteiger partial charge in [-0.25, -0.2) is 0 Å². The molecule has 3 aromatic rings. The highest BCUT2D eigenvalue weighted by atomic mass is 16.5. The molecule has 0 bridgehead atoms. The van der Waals surface area contributed by atoms with Gasteiger partial charge < -0.3 is 14.5 Å². The van der Waals surface area contributed by atoms with E-state index < -0.39 is 0 Å². The van der Waals surface area contributed by atoms with Crippen LogP contribution in [0.3, 0.4) is 0 Å². The SMILES string of the molecule is CC(C)(C)NC(=O)c1ccc(COc2ccc3ccccc3c2)o1. The van der Waals surface area contributed by atoms with Crippen molar-refractivity contribution >= 4 is 16.7 Å². The molecule has 0 atom stereocenters.